The summed E-state index contributed by atoms with van der Waals surface area (Å²) in [5.41, 5.74) is 3.27. The van der Waals surface area contributed by atoms with Gasteiger partial charge in [-0.1, -0.05) is 16.4 Å². The van der Waals surface area contributed by atoms with Crippen LogP contribution in [-0.4, -0.2) is 41.3 Å². The van der Waals surface area contributed by atoms with Crippen LogP contribution < -0.4 is 14.5 Å². The molecule has 26 heavy (non-hydrogen) atoms. The molecule has 0 fully saturated rings. The molecule has 0 bridgehead atoms. The fourth-order valence-electron chi connectivity index (χ4n) is 3.12. The lowest BCUT2D eigenvalue weighted by molar-refractivity contribution is -0.123. The van der Waals surface area contributed by atoms with Crippen molar-refractivity contribution in [2.75, 3.05) is 25.2 Å². The predicted molar refractivity (Wildman–Crippen MR) is 97.7 cm³/mol. The Morgan fingerprint density at radius 1 is 1.27 bits per heavy atom. The third-order valence-electron chi connectivity index (χ3n) is 4.39. The summed E-state index contributed by atoms with van der Waals surface area (Å²) in [5.74, 6) is 0.655. The van der Waals surface area contributed by atoms with Gasteiger partial charge in [0.1, 0.15) is 16.8 Å². The van der Waals surface area contributed by atoms with Crippen molar-refractivity contribution in [2.24, 2.45) is 0 Å². The summed E-state index contributed by atoms with van der Waals surface area (Å²) in [4.78, 5) is 21.2. The number of fused-ring (bicyclic) bond motifs is 2. The molecule has 134 valence electrons. The van der Waals surface area contributed by atoms with Crippen molar-refractivity contribution < 1.29 is 14.4 Å². The van der Waals surface area contributed by atoms with Crippen LogP contribution in [0.15, 0.2) is 36.4 Å². The van der Waals surface area contributed by atoms with E-state index in [1.165, 1.54) is 4.85 Å². The zero-order chi connectivity index (χ0) is 18.1. The van der Waals surface area contributed by atoms with Crippen LogP contribution in [-0.2, 0) is 11.2 Å². The molecule has 0 saturated heterocycles. The summed E-state index contributed by atoms with van der Waals surface area (Å²) >= 11 is 6.00. The van der Waals surface area contributed by atoms with Crippen molar-refractivity contribution in [3.05, 3.63) is 47.0 Å². The summed E-state index contributed by atoms with van der Waals surface area (Å²) in [6.45, 7) is 0.516. The number of hydrogen-bond acceptors (Lipinski definition) is 5. The Labute approximate surface area is 155 Å². The van der Waals surface area contributed by atoms with E-state index in [1.54, 1.807) is 30.2 Å². The Morgan fingerprint density at radius 3 is 3.00 bits per heavy atom. The number of amides is 1. The number of hydrogen-bond donors (Lipinski definition) is 0. The molecule has 0 aliphatic carbocycles. The van der Waals surface area contributed by atoms with Crippen molar-refractivity contribution in [1.82, 2.24) is 15.2 Å². The van der Waals surface area contributed by atoms with Crippen LogP contribution in [0.1, 0.15) is 12.0 Å². The lowest BCUT2D eigenvalue weighted by Gasteiger charge is -2.29. The van der Waals surface area contributed by atoms with Crippen LogP contribution in [0.3, 0.4) is 0 Å². The van der Waals surface area contributed by atoms with Crippen LogP contribution >= 0.6 is 11.6 Å². The molecule has 0 spiro atoms. The standard InChI is InChI=1S/C18H17ClN4O3/c1-25-14-5-7-16-12(9-14)3-2-8-22(16)18(24)11-26-23-17-10-13(19)4-6-15(17)20-21-23/h4-7,9-10H,2-3,8,11H2,1H3. The summed E-state index contributed by atoms with van der Waals surface area (Å²) in [6.07, 6.45) is 1.82. The summed E-state index contributed by atoms with van der Waals surface area (Å²) in [6, 6.07) is 10.9. The number of methoxy groups -OCH3 is 1. The highest BCUT2D eigenvalue weighted by molar-refractivity contribution is 6.31. The zero-order valence-corrected chi connectivity index (χ0v) is 14.9. The minimum atomic E-state index is -0.142. The molecule has 1 aliphatic rings. The molecule has 0 saturated carbocycles. The maximum absolute atomic E-state index is 12.7. The Bertz CT molecular complexity index is 972. The molecule has 4 rings (SSSR count). The number of aryl methyl sites for hydroxylation is 1. The highest BCUT2D eigenvalue weighted by atomic mass is 35.5. The number of carbonyl (C=O) groups excluding carboxylic acids is 1. The first-order valence-corrected chi connectivity index (χ1v) is 8.65. The monoisotopic (exact) mass is 372 g/mol. The van der Waals surface area contributed by atoms with E-state index in [0.717, 1.165) is 29.8 Å². The van der Waals surface area contributed by atoms with Gasteiger partial charge in [0.2, 0.25) is 0 Å². The van der Waals surface area contributed by atoms with Crippen molar-refractivity contribution >= 4 is 34.2 Å². The van der Waals surface area contributed by atoms with Gasteiger partial charge in [0.15, 0.2) is 6.61 Å². The van der Waals surface area contributed by atoms with E-state index in [2.05, 4.69) is 10.3 Å². The molecule has 0 unspecified atom stereocenters. The highest BCUT2D eigenvalue weighted by Gasteiger charge is 2.23. The van der Waals surface area contributed by atoms with Crippen molar-refractivity contribution in [3.63, 3.8) is 0 Å². The second kappa shape index (κ2) is 6.84. The van der Waals surface area contributed by atoms with Gasteiger partial charge in [-0.3, -0.25) is 4.79 Å². The van der Waals surface area contributed by atoms with Crippen molar-refractivity contribution in [2.45, 2.75) is 12.8 Å². The van der Waals surface area contributed by atoms with E-state index >= 15 is 0 Å². The average Bonchev–Trinajstić information content (AvgIpc) is 3.07. The van der Waals surface area contributed by atoms with Gasteiger partial charge in [0.05, 0.1) is 7.11 Å². The minimum absolute atomic E-state index is 0.137. The number of anilines is 1. The van der Waals surface area contributed by atoms with E-state index in [1.807, 2.05) is 18.2 Å². The number of carbonyl (C=O) groups is 1. The smallest absolute Gasteiger partial charge is 0.267 e. The first-order chi connectivity index (χ1) is 12.7. The average molecular weight is 373 g/mol. The Hall–Kier alpha value is -2.80. The summed E-state index contributed by atoms with van der Waals surface area (Å²) < 4.78 is 5.27. The van der Waals surface area contributed by atoms with E-state index < -0.39 is 0 Å². The van der Waals surface area contributed by atoms with Gasteiger partial charge in [-0.05, 0) is 60.0 Å². The van der Waals surface area contributed by atoms with Gasteiger partial charge in [0, 0.05) is 17.3 Å². The van der Waals surface area contributed by atoms with Crippen molar-refractivity contribution in [1.29, 1.82) is 0 Å². The molecule has 0 radical (unpaired) electrons. The van der Waals surface area contributed by atoms with E-state index in [0.29, 0.717) is 22.6 Å². The Morgan fingerprint density at radius 2 is 2.15 bits per heavy atom. The molecule has 3 aromatic rings. The number of rotatable bonds is 4. The molecule has 1 aliphatic heterocycles. The minimum Gasteiger partial charge on any atom is -0.497 e. The molecule has 2 aromatic carbocycles. The molecule has 0 atom stereocenters. The predicted octanol–water partition coefficient (Wildman–Crippen LogP) is 2.50. The number of aromatic nitrogens is 3. The fraction of sp³-hybridized carbons (Fsp3) is 0.278. The van der Waals surface area contributed by atoms with Gasteiger partial charge in [0.25, 0.3) is 5.91 Å². The molecular weight excluding hydrogens is 356 g/mol. The number of ether oxygens (including phenoxy) is 1. The highest BCUT2D eigenvalue weighted by Crippen LogP contribution is 2.30. The number of benzene rings is 2. The van der Waals surface area contributed by atoms with E-state index in [9.17, 15) is 4.79 Å². The fourth-order valence-corrected chi connectivity index (χ4v) is 3.29. The molecule has 0 N–H and O–H groups in total. The second-order valence-electron chi connectivity index (χ2n) is 6.01. The van der Waals surface area contributed by atoms with Gasteiger partial charge < -0.3 is 14.5 Å². The molecule has 1 aromatic heterocycles. The SMILES string of the molecule is COc1ccc2c(c1)CCCN2C(=O)COn1nnc2ccc(Cl)cc21. The zero-order valence-electron chi connectivity index (χ0n) is 14.2. The van der Waals surface area contributed by atoms with Crippen LogP contribution in [0.5, 0.6) is 5.75 Å². The largest absolute Gasteiger partial charge is 0.497 e. The van der Waals surface area contributed by atoms with Crippen molar-refractivity contribution in [3.8, 4) is 5.75 Å². The normalized spacial score (nSPS) is 13.5. The Balaban J connectivity index is 1.51. The third kappa shape index (κ3) is 3.06. The molecule has 2 heterocycles. The van der Waals surface area contributed by atoms with E-state index in [-0.39, 0.29) is 12.5 Å². The second-order valence-corrected chi connectivity index (χ2v) is 6.45. The Kier molecular flexibility index (Phi) is 4.38. The first-order valence-electron chi connectivity index (χ1n) is 8.27. The number of halogens is 1. The molecular formula is C18H17ClN4O3. The van der Waals surface area contributed by atoms with Gasteiger partial charge >= 0.3 is 0 Å². The lowest BCUT2D eigenvalue weighted by Crippen LogP contribution is -2.40. The maximum atomic E-state index is 12.7. The molecule has 8 heteroatoms. The quantitative estimate of drug-likeness (QED) is 0.703. The summed E-state index contributed by atoms with van der Waals surface area (Å²) in [5, 5.41) is 8.47. The van der Waals surface area contributed by atoms with Crippen LogP contribution in [0, 0.1) is 0 Å². The van der Waals surface area contributed by atoms with Crippen LogP contribution in [0.25, 0.3) is 11.0 Å². The first kappa shape index (κ1) is 16.7. The van der Waals surface area contributed by atoms with Gasteiger partial charge in [-0.2, -0.15) is 0 Å². The topological polar surface area (TPSA) is 69.5 Å². The van der Waals surface area contributed by atoms with Crippen LogP contribution in [0.2, 0.25) is 5.02 Å². The molecule has 1 amide bonds. The van der Waals surface area contributed by atoms with Gasteiger partial charge in [-0.25, -0.2) is 0 Å². The number of nitrogens with zero attached hydrogens (tertiary/aromatic N) is 4. The lowest BCUT2D eigenvalue weighted by atomic mass is 10.0. The molecule has 7 nitrogen and oxygen atoms in total. The summed E-state index contributed by atoms with van der Waals surface area (Å²) in [7, 11) is 1.63. The maximum Gasteiger partial charge on any atom is 0.267 e. The van der Waals surface area contributed by atoms with Gasteiger partial charge in [-0.15, -0.1) is 5.10 Å². The third-order valence-corrected chi connectivity index (χ3v) is 4.63. The van der Waals surface area contributed by atoms with Crippen LogP contribution in [0.4, 0.5) is 5.69 Å². The van der Waals surface area contributed by atoms with E-state index in [4.69, 9.17) is 21.2 Å².